The van der Waals surface area contributed by atoms with Crippen molar-refractivity contribution in [1.82, 2.24) is 5.32 Å². The minimum atomic E-state index is -4.08. The molecule has 0 heterocycles. The van der Waals surface area contributed by atoms with Gasteiger partial charge in [0.25, 0.3) is 10.0 Å². The Hall–Kier alpha value is -2.25. The van der Waals surface area contributed by atoms with Crippen molar-refractivity contribution in [3.8, 4) is 0 Å². The van der Waals surface area contributed by atoms with Gasteiger partial charge in [0.1, 0.15) is 6.54 Å². The number of anilines is 1. The highest BCUT2D eigenvalue weighted by Gasteiger charge is 2.28. The number of carbonyl (C=O) groups is 1. The summed E-state index contributed by atoms with van der Waals surface area (Å²) in [4.78, 5) is 12.7. The first kappa shape index (κ1) is 22.4. The van der Waals surface area contributed by atoms with E-state index in [-0.39, 0.29) is 22.2 Å². The molecule has 0 atom stereocenters. The number of halogens is 3. The van der Waals surface area contributed by atoms with Crippen LogP contribution in [-0.2, 0) is 21.4 Å². The number of hydrogen-bond donors (Lipinski definition) is 1. The molecular weight excluding hydrogens is 467 g/mol. The minimum absolute atomic E-state index is 0.0277. The lowest BCUT2D eigenvalue weighted by atomic mass is 10.2. The number of sulfonamides is 1. The zero-order chi connectivity index (χ0) is 21.7. The molecule has 0 saturated carbocycles. The summed E-state index contributed by atoms with van der Waals surface area (Å²) in [5, 5.41) is 3.64. The molecule has 156 valence electrons. The van der Waals surface area contributed by atoms with Gasteiger partial charge in [0, 0.05) is 16.6 Å². The summed E-state index contributed by atoms with van der Waals surface area (Å²) < 4.78 is 27.5. The number of nitrogens with zero attached hydrogens (tertiary/aromatic N) is 1. The van der Waals surface area contributed by atoms with E-state index in [0.29, 0.717) is 15.6 Å². The normalized spacial score (nSPS) is 11.2. The zero-order valence-corrected chi connectivity index (χ0v) is 18.6. The van der Waals surface area contributed by atoms with Crippen molar-refractivity contribution in [2.75, 3.05) is 10.8 Å². The third-order valence-electron chi connectivity index (χ3n) is 4.23. The summed E-state index contributed by atoms with van der Waals surface area (Å²) in [6.07, 6.45) is 0. The van der Waals surface area contributed by atoms with Gasteiger partial charge in [0.05, 0.1) is 15.6 Å². The smallest absolute Gasteiger partial charge is 0.264 e. The molecule has 0 aliphatic rings. The average molecular weight is 484 g/mol. The first-order valence-electron chi connectivity index (χ1n) is 8.82. The Morgan fingerprint density at radius 1 is 0.867 bits per heavy atom. The van der Waals surface area contributed by atoms with Crippen LogP contribution in [0.15, 0.2) is 77.7 Å². The molecular formula is C21H17Cl3N2O3S. The lowest BCUT2D eigenvalue weighted by Crippen LogP contribution is -2.40. The van der Waals surface area contributed by atoms with Crippen LogP contribution >= 0.6 is 34.8 Å². The van der Waals surface area contributed by atoms with Gasteiger partial charge in [0.2, 0.25) is 5.91 Å². The minimum Gasteiger partial charge on any atom is -0.350 e. The van der Waals surface area contributed by atoms with Gasteiger partial charge >= 0.3 is 0 Å². The van der Waals surface area contributed by atoms with Gasteiger partial charge in [-0.15, -0.1) is 0 Å². The molecule has 0 radical (unpaired) electrons. The molecule has 30 heavy (non-hydrogen) atoms. The van der Waals surface area contributed by atoms with E-state index in [9.17, 15) is 13.2 Å². The molecule has 0 spiro atoms. The molecule has 5 nitrogen and oxygen atoms in total. The van der Waals surface area contributed by atoms with Crippen LogP contribution in [0.3, 0.4) is 0 Å². The van der Waals surface area contributed by atoms with E-state index in [1.807, 2.05) is 0 Å². The SMILES string of the molecule is O=C(CN(c1cc(Cl)ccc1Cl)S(=O)(=O)c1ccccc1)NCc1ccccc1Cl. The van der Waals surface area contributed by atoms with E-state index < -0.39 is 22.5 Å². The van der Waals surface area contributed by atoms with E-state index in [2.05, 4.69) is 5.32 Å². The fourth-order valence-electron chi connectivity index (χ4n) is 2.72. The maximum Gasteiger partial charge on any atom is 0.264 e. The monoisotopic (exact) mass is 482 g/mol. The molecule has 0 aliphatic carbocycles. The third kappa shape index (κ3) is 5.26. The Morgan fingerprint density at radius 3 is 2.23 bits per heavy atom. The molecule has 0 unspecified atom stereocenters. The lowest BCUT2D eigenvalue weighted by molar-refractivity contribution is -0.119. The maximum atomic E-state index is 13.3. The van der Waals surface area contributed by atoms with Crippen molar-refractivity contribution in [3.05, 3.63) is 93.4 Å². The van der Waals surface area contributed by atoms with Crippen LogP contribution in [0.25, 0.3) is 0 Å². The second-order valence-corrected chi connectivity index (χ2v) is 9.40. The third-order valence-corrected chi connectivity index (χ3v) is 6.93. The van der Waals surface area contributed by atoms with Gasteiger partial charge in [-0.1, -0.05) is 71.2 Å². The number of amides is 1. The first-order valence-corrected chi connectivity index (χ1v) is 11.4. The Kier molecular flexibility index (Phi) is 7.26. The Balaban J connectivity index is 1.91. The van der Waals surface area contributed by atoms with Gasteiger partial charge in [0.15, 0.2) is 0 Å². The van der Waals surface area contributed by atoms with Crippen LogP contribution in [-0.4, -0.2) is 20.9 Å². The highest BCUT2D eigenvalue weighted by molar-refractivity contribution is 7.92. The van der Waals surface area contributed by atoms with Crippen LogP contribution in [0.1, 0.15) is 5.56 Å². The summed E-state index contributed by atoms with van der Waals surface area (Å²) in [5.41, 5.74) is 0.826. The predicted molar refractivity (Wildman–Crippen MR) is 121 cm³/mol. The van der Waals surface area contributed by atoms with Gasteiger partial charge in [-0.05, 0) is 42.0 Å². The topological polar surface area (TPSA) is 66.5 Å². The molecule has 0 aromatic heterocycles. The zero-order valence-electron chi connectivity index (χ0n) is 15.6. The maximum absolute atomic E-state index is 13.3. The van der Waals surface area contributed by atoms with Crippen molar-refractivity contribution < 1.29 is 13.2 Å². The average Bonchev–Trinajstić information content (AvgIpc) is 2.74. The molecule has 0 bridgehead atoms. The van der Waals surface area contributed by atoms with Crippen LogP contribution in [0.5, 0.6) is 0 Å². The van der Waals surface area contributed by atoms with Crippen molar-refractivity contribution in [2.24, 2.45) is 0 Å². The van der Waals surface area contributed by atoms with Crippen molar-refractivity contribution >= 4 is 56.4 Å². The number of hydrogen-bond acceptors (Lipinski definition) is 3. The number of rotatable bonds is 7. The fraction of sp³-hybridized carbons (Fsp3) is 0.0952. The van der Waals surface area contributed by atoms with E-state index in [1.165, 1.54) is 30.3 Å². The second kappa shape index (κ2) is 9.71. The van der Waals surface area contributed by atoms with E-state index in [0.717, 1.165) is 4.31 Å². The predicted octanol–water partition coefficient (Wildman–Crippen LogP) is 5.16. The van der Waals surface area contributed by atoms with Gasteiger partial charge < -0.3 is 5.32 Å². The quantitative estimate of drug-likeness (QED) is 0.505. The molecule has 1 N–H and O–H groups in total. The van der Waals surface area contributed by atoms with E-state index >= 15 is 0 Å². The van der Waals surface area contributed by atoms with Gasteiger partial charge in [-0.25, -0.2) is 8.42 Å². The molecule has 1 amide bonds. The summed E-state index contributed by atoms with van der Waals surface area (Å²) >= 11 is 18.4. The largest absolute Gasteiger partial charge is 0.350 e. The number of benzene rings is 3. The standard InChI is InChI=1S/C21H17Cl3N2O3S/c22-16-10-11-19(24)20(12-16)26(30(28,29)17-7-2-1-3-8-17)14-21(27)25-13-15-6-4-5-9-18(15)23/h1-12H,13-14H2,(H,25,27). The molecule has 9 heteroatoms. The van der Waals surface area contributed by atoms with Crippen LogP contribution in [0.4, 0.5) is 5.69 Å². The van der Waals surface area contributed by atoms with E-state index in [1.54, 1.807) is 42.5 Å². The number of nitrogens with one attached hydrogen (secondary N) is 1. The summed E-state index contributed by atoms with van der Waals surface area (Å²) in [6, 6.07) is 19.3. The number of carbonyl (C=O) groups excluding carboxylic acids is 1. The van der Waals surface area contributed by atoms with Crippen LogP contribution in [0, 0.1) is 0 Å². The molecule has 0 fully saturated rings. The lowest BCUT2D eigenvalue weighted by Gasteiger charge is -2.25. The Morgan fingerprint density at radius 2 is 1.53 bits per heavy atom. The highest BCUT2D eigenvalue weighted by Crippen LogP contribution is 2.32. The molecule has 0 saturated heterocycles. The summed E-state index contributed by atoms with van der Waals surface area (Å²) in [5.74, 6) is -0.523. The van der Waals surface area contributed by atoms with Gasteiger partial charge in [-0.2, -0.15) is 0 Å². The second-order valence-electron chi connectivity index (χ2n) is 6.29. The summed E-state index contributed by atoms with van der Waals surface area (Å²) in [7, 11) is -4.08. The Bertz CT molecular complexity index is 1160. The molecule has 3 aromatic carbocycles. The van der Waals surface area contributed by atoms with Crippen LogP contribution < -0.4 is 9.62 Å². The van der Waals surface area contributed by atoms with Crippen molar-refractivity contribution in [1.29, 1.82) is 0 Å². The molecule has 3 aromatic rings. The van der Waals surface area contributed by atoms with Crippen molar-refractivity contribution in [2.45, 2.75) is 11.4 Å². The first-order chi connectivity index (χ1) is 14.3. The summed E-state index contributed by atoms with van der Waals surface area (Å²) in [6.45, 7) is -0.331. The fourth-order valence-corrected chi connectivity index (χ4v) is 4.81. The highest BCUT2D eigenvalue weighted by atomic mass is 35.5. The van der Waals surface area contributed by atoms with Crippen LogP contribution in [0.2, 0.25) is 15.1 Å². The van der Waals surface area contributed by atoms with E-state index in [4.69, 9.17) is 34.8 Å². The molecule has 3 rings (SSSR count). The Labute approximate surface area is 190 Å². The van der Waals surface area contributed by atoms with Gasteiger partial charge in [-0.3, -0.25) is 9.10 Å². The molecule has 0 aliphatic heterocycles. The van der Waals surface area contributed by atoms with Crippen molar-refractivity contribution in [3.63, 3.8) is 0 Å².